The fourth-order valence-corrected chi connectivity index (χ4v) is 5.18. The molecule has 5 rings (SSSR count). The van der Waals surface area contributed by atoms with Crippen LogP contribution in [0.25, 0.3) is 22.0 Å². The summed E-state index contributed by atoms with van der Waals surface area (Å²) in [6, 6.07) is 16.6. The monoisotopic (exact) mass is 499 g/mol. The van der Waals surface area contributed by atoms with Gasteiger partial charge in [0, 0.05) is 35.7 Å². The molecule has 1 saturated heterocycles. The van der Waals surface area contributed by atoms with E-state index in [-0.39, 0.29) is 5.78 Å². The molecule has 36 heavy (non-hydrogen) atoms. The van der Waals surface area contributed by atoms with Crippen LogP contribution in [0.5, 0.6) is 0 Å². The van der Waals surface area contributed by atoms with Gasteiger partial charge in [-0.05, 0) is 86.8 Å². The van der Waals surface area contributed by atoms with Gasteiger partial charge in [0.2, 0.25) is 0 Å². The highest BCUT2D eigenvalue weighted by Gasteiger charge is 2.20. The molecule has 2 aromatic carbocycles. The number of rotatable bonds is 6. The van der Waals surface area contributed by atoms with Gasteiger partial charge in [-0.25, -0.2) is 4.98 Å². The third-order valence-electron chi connectivity index (χ3n) is 6.79. The molecule has 1 atom stereocenters. The first-order valence-corrected chi connectivity index (χ1v) is 12.7. The van der Waals surface area contributed by atoms with E-state index < -0.39 is 0 Å². The maximum Gasteiger partial charge on any atom is 0.163 e. The molecule has 1 unspecified atom stereocenters. The lowest BCUT2D eigenvalue weighted by molar-refractivity contribution is 0.101. The summed E-state index contributed by atoms with van der Waals surface area (Å²) in [6.45, 7) is 5.55. The zero-order valence-electron chi connectivity index (χ0n) is 20.8. The van der Waals surface area contributed by atoms with E-state index in [0.29, 0.717) is 16.6 Å². The van der Waals surface area contributed by atoms with Crippen LogP contribution in [0.15, 0.2) is 60.9 Å². The summed E-state index contributed by atoms with van der Waals surface area (Å²) in [7, 11) is 2.01. The number of hydrogen-bond donors (Lipinski definition) is 2. The van der Waals surface area contributed by atoms with Crippen LogP contribution in [0.1, 0.15) is 35.7 Å². The van der Waals surface area contributed by atoms with Gasteiger partial charge < -0.3 is 15.5 Å². The number of ketones is 1. The minimum atomic E-state index is -0.0492. The molecule has 0 spiro atoms. The van der Waals surface area contributed by atoms with E-state index in [9.17, 15) is 4.79 Å². The molecule has 6 nitrogen and oxygen atoms in total. The van der Waals surface area contributed by atoms with Crippen molar-refractivity contribution < 1.29 is 4.79 Å². The minimum absolute atomic E-state index is 0.0492. The lowest BCUT2D eigenvalue weighted by atomic mass is 9.99. The van der Waals surface area contributed by atoms with Gasteiger partial charge in [-0.15, -0.1) is 0 Å². The Morgan fingerprint density at radius 2 is 1.92 bits per heavy atom. The van der Waals surface area contributed by atoms with Crippen LogP contribution in [0.3, 0.4) is 0 Å². The van der Waals surface area contributed by atoms with E-state index in [1.807, 2.05) is 56.6 Å². The second-order valence-corrected chi connectivity index (χ2v) is 9.89. The lowest BCUT2D eigenvalue weighted by Gasteiger charge is -2.33. The number of carbonyl (C=O) groups is 1. The Labute approximate surface area is 216 Å². The quantitative estimate of drug-likeness (QED) is 0.299. The fourth-order valence-electron chi connectivity index (χ4n) is 4.89. The van der Waals surface area contributed by atoms with E-state index in [0.717, 1.165) is 64.3 Å². The summed E-state index contributed by atoms with van der Waals surface area (Å²) in [5.41, 5.74) is 6.02. The molecule has 1 fully saturated rings. The molecule has 7 heteroatoms. The molecule has 2 N–H and O–H groups in total. The van der Waals surface area contributed by atoms with Crippen molar-refractivity contribution in [3.8, 4) is 11.1 Å². The van der Waals surface area contributed by atoms with Crippen molar-refractivity contribution in [2.75, 3.05) is 30.4 Å². The highest BCUT2D eigenvalue weighted by molar-refractivity contribution is 6.31. The first-order valence-electron chi connectivity index (χ1n) is 12.3. The maximum atomic E-state index is 12.5. The van der Waals surface area contributed by atoms with Crippen LogP contribution in [0, 0.1) is 6.92 Å². The van der Waals surface area contributed by atoms with Crippen molar-refractivity contribution in [2.24, 2.45) is 0 Å². The number of aromatic nitrogens is 2. The molecule has 184 valence electrons. The van der Waals surface area contributed by atoms with E-state index in [2.05, 4.69) is 32.7 Å². The summed E-state index contributed by atoms with van der Waals surface area (Å²) in [5.74, 6) is 0.914. The number of nitrogens with one attached hydrogen (secondary N) is 2. The van der Waals surface area contributed by atoms with Gasteiger partial charge >= 0.3 is 0 Å². The summed E-state index contributed by atoms with van der Waals surface area (Å²) >= 11 is 6.33. The first kappa shape index (κ1) is 24.2. The van der Waals surface area contributed by atoms with Gasteiger partial charge in [-0.1, -0.05) is 23.7 Å². The zero-order valence-corrected chi connectivity index (χ0v) is 21.6. The van der Waals surface area contributed by atoms with Crippen LogP contribution >= 0.6 is 11.6 Å². The molecular formula is C29H30ClN5O. The molecule has 1 aliphatic heterocycles. The number of pyridine rings is 2. The Hall–Kier alpha value is -3.48. The summed E-state index contributed by atoms with van der Waals surface area (Å²) in [6.07, 6.45) is 5.81. The van der Waals surface area contributed by atoms with E-state index in [4.69, 9.17) is 16.6 Å². The van der Waals surface area contributed by atoms with Gasteiger partial charge in [0.1, 0.15) is 5.82 Å². The fraction of sp³-hybridized carbons (Fsp3) is 0.276. The van der Waals surface area contributed by atoms with Crippen molar-refractivity contribution in [3.05, 3.63) is 77.1 Å². The summed E-state index contributed by atoms with van der Waals surface area (Å²) < 4.78 is 0. The predicted molar refractivity (Wildman–Crippen MR) is 149 cm³/mol. The Morgan fingerprint density at radius 3 is 2.64 bits per heavy atom. The van der Waals surface area contributed by atoms with Crippen LogP contribution in [0.2, 0.25) is 5.02 Å². The van der Waals surface area contributed by atoms with Crippen LogP contribution in [0.4, 0.5) is 17.2 Å². The van der Waals surface area contributed by atoms with Crippen molar-refractivity contribution >= 4 is 45.5 Å². The number of hydrogen-bond acceptors (Lipinski definition) is 6. The highest BCUT2D eigenvalue weighted by atomic mass is 35.5. The van der Waals surface area contributed by atoms with Crippen molar-refractivity contribution in [1.82, 2.24) is 15.3 Å². The topological polar surface area (TPSA) is 70.2 Å². The van der Waals surface area contributed by atoms with Crippen LogP contribution in [-0.2, 0) is 0 Å². The van der Waals surface area contributed by atoms with Gasteiger partial charge in [-0.2, -0.15) is 0 Å². The molecule has 2 aromatic heterocycles. The zero-order chi connectivity index (χ0) is 25.2. The molecule has 0 saturated carbocycles. The summed E-state index contributed by atoms with van der Waals surface area (Å²) in [4.78, 5) is 24.1. The molecular weight excluding hydrogens is 470 g/mol. The molecule has 0 amide bonds. The number of nitrogens with zero attached hydrogens (tertiary/aromatic N) is 3. The smallest absolute Gasteiger partial charge is 0.163 e. The standard InChI is InChI=1S/C29H30ClN5O/c1-18-11-21(13-22(30)12-18)20-6-8-27-25(14-20)29(26(16-32-27)19(2)36)34-23-7-9-28(33-15-23)35-10-4-5-24(17-35)31-3/h6-9,11-16,24,31H,4-5,10,17H2,1-3H3,(H,32,34). The minimum Gasteiger partial charge on any atom is -0.355 e. The molecule has 3 heterocycles. The number of aryl methyl sites for hydroxylation is 1. The Balaban J connectivity index is 1.51. The van der Waals surface area contributed by atoms with Gasteiger partial charge in [-0.3, -0.25) is 9.78 Å². The molecule has 0 radical (unpaired) electrons. The van der Waals surface area contributed by atoms with Gasteiger partial charge in [0.25, 0.3) is 0 Å². The third kappa shape index (κ3) is 5.06. The van der Waals surface area contributed by atoms with E-state index in [1.165, 1.54) is 6.42 Å². The Morgan fingerprint density at radius 1 is 1.06 bits per heavy atom. The maximum absolute atomic E-state index is 12.5. The van der Waals surface area contributed by atoms with Crippen molar-refractivity contribution in [1.29, 1.82) is 0 Å². The second-order valence-electron chi connectivity index (χ2n) is 9.46. The number of halogens is 1. The number of likely N-dealkylation sites (N-methyl/N-ethyl adjacent to an activating group) is 1. The lowest BCUT2D eigenvalue weighted by Crippen LogP contribution is -2.44. The molecule has 0 aliphatic carbocycles. The number of carbonyl (C=O) groups excluding carboxylic acids is 1. The number of piperidine rings is 1. The van der Waals surface area contributed by atoms with E-state index >= 15 is 0 Å². The Bertz CT molecular complexity index is 1400. The van der Waals surface area contributed by atoms with Crippen LogP contribution < -0.4 is 15.5 Å². The molecule has 0 bridgehead atoms. The third-order valence-corrected chi connectivity index (χ3v) is 7.01. The number of fused-ring (bicyclic) bond motifs is 1. The average Bonchev–Trinajstić information content (AvgIpc) is 2.88. The number of benzene rings is 2. The largest absolute Gasteiger partial charge is 0.355 e. The van der Waals surface area contributed by atoms with E-state index in [1.54, 1.807) is 13.1 Å². The SMILES string of the molecule is CNC1CCCN(c2ccc(Nc3c(C(C)=O)cnc4ccc(-c5cc(C)cc(Cl)c5)cc34)cn2)C1. The average molecular weight is 500 g/mol. The Kier molecular flexibility index (Phi) is 6.90. The van der Waals surface area contributed by atoms with Gasteiger partial charge in [0.05, 0.1) is 28.7 Å². The highest BCUT2D eigenvalue weighted by Crippen LogP contribution is 2.34. The molecule has 4 aromatic rings. The number of Topliss-reactive ketones (excluding diaryl/α,β-unsaturated/α-hetero) is 1. The van der Waals surface area contributed by atoms with Crippen molar-refractivity contribution in [2.45, 2.75) is 32.7 Å². The van der Waals surface area contributed by atoms with Crippen LogP contribution in [-0.4, -0.2) is 41.9 Å². The van der Waals surface area contributed by atoms with Gasteiger partial charge in [0.15, 0.2) is 5.78 Å². The first-order chi connectivity index (χ1) is 17.4. The second kappa shape index (κ2) is 10.2. The predicted octanol–water partition coefficient (Wildman–Crippen LogP) is 6.39. The number of anilines is 3. The summed E-state index contributed by atoms with van der Waals surface area (Å²) in [5, 5.41) is 8.41. The molecule has 1 aliphatic rings. The normalized spacial score (nSPS) is 15.8. The van der Waals surface area contributed by atoms with Crippen molar-refractivity contribution in [3.63, 3.8) is 0 Å².